The van der Waals surface area contributed by atoms with Gasteiger partial charge in [0.25, 0.3) is 11.6 Å². The summed E-state index contributed by atoms with van der Waals surface area (Å²) in [6.07, 6.45) is 1.39. The summed E-state index contributed by atoms with van der Waals surface area (Å²) in [6, 6.07) is 11.9. The minimum atomic E-state index is -0.410. The van der Waals surface area contributed by atoms with E-state index in [2.05, 4.69) is 33.1 Å². The van der Waals surface area contributed by atoms with Crippen molar-refractivity contribution in [3.63, 3.8) is 0 Å². The van der Waals surface area contributed by atoms with Gasteiger partial charge in [0, 0.05) is 33.9 Å². The number of halogens is 1. The highest BCUT2D eigenvalue weighted by Gasteiger charge is 2.21. The van der Waals surface area contributed by atoms with Crippen LogP contribution in [0, 0.1) is 13.7 Å². The number of hydrogen-bond donors (Lipinski definition) is 1. The van der Waals surface area contributed by atoms with Crippen molar-refractivity contribution in [1.29, 1.82) is 0 Å². The maximum atomic E-state index is 12.0. The highest BCUT2D eigenvalue weighted by atomic mass is 127. The molecule has 1 aliphatic heterocycles. The lowest BCUT2D eigenvalue weighted by molar-refractivity contribution is -0.384. The maximum absolute atomic E-state index is 12.0. The summed E-state index contributed by atoms with van der Waals surface area (Å²) in [6.45, 7) is 2.32. The largest absolute Gasteiger partial charge is 0.378 e. The van der Waals surface area contributed by atoms with Gasteiger partial charge in [0.15, 0.2) is 0 Å². The Morgan fingerprint density at radius 2 is 1.93 bits per heavy atom. The second-order valence-electron chi connectivity index (χ2n) is 5.81. The lowest BCUT2D eigenvalue weighted by atomic mass is 10.1. The van der Waals surface area contributed by atoms with Crippen molar-refractivity contribution in [3.8, 4) is 0 Å². The standard InChI is InChI=1S/C18H17IN4O4/c19-15-4-2-14(3-5-15)18(24)21-20-12-13-1-6-16(17(11-13)23(25)26)22-7-9-27-10-8-22/h1-6,11-12H,7-10H2,(H,21,24)/b20-12-. The van der Waals surface area contributed by atoms with E-state index in [9.17, 15) is 14.9 Å². The number of nitrogens with one attached hydrogen (secondary N) is 1. The molecule has 0 spiro atoms. The Kier molecular flexibility index (Phi) is 6.35. The van der Waals surface area contributed by atoms with Crippen LogP contribution in [-0.4, -0.2) is 43.3 Å². The molecule has 1 fully saturated rings. The van der Waals surface area contributed by atoms with Gasteiger partial charge in [-0.1, -0.05) is 6.07 Å². The summed E-state index contributed by atoms with van der Waals surface area (Å²) in [5, 5.41) is 15.3. The fourth-order valence-corrected chi connectivity index (χ4v) is 3.03. The van der Waals surface area contributed by atoms with Crippen LogP contribution in [0.25, 0.3) is 0 Å². The van der Waals surface area contributed by atoms with Crippen LogP contribution in [0.4, 0.5) is 11.4 Å². The molecule has 0 radical (unpaired) electrons. The highest BCUT2D eigenvalue weighted by molar-refractivity contribution is 14.1. The van der Waals surface area contributed by atoms with E-state index in [1.165, 1.54) is 12.3 Å². The third kappa shape index (κ3) is 5.01. The molecule has 9 heteroatoms. The summed E-state index contributed by atoms with van der Waals surface area (Å²) in [7, 11) is 0. The fourth-order valence-electron chi connectivity index (χ4n) is 2.67. The summed E-state index contributed by atoms with van der Waals surface area (Å²) in [5.41, 5.74) is 4.00. The Hall–Kier alpha value is -2.53. The van der Waals surface area contributed by atoms with Crippen LogP contribution in [0.3, 0.4) is 0 Å². The molecule has 0 bridgehead atoms. The van der Waals surface area contributed by atoms with Crippen LogP contribution < -0.4 is 10.3 Å². The summed E-state index contributed by atoms with van der Waals surface area (Å²) >= 11 is 2.16. The number of amides is 1. The van der Waals surface area contributed by atoms with Crippen LogP contribution in [-0.2, 0) is 4.74 Å². The van der Waals surface area contributed by atoms with Gasteiger partial charge in [0.2, 0.25) is 0 Å². The predicted octanol–water partition coefficient (Wildman–Crippen LogP) is 2.80. The molecule has 2 aromatic rings. The number of hydrogen-bond acceptors (Lipinski definition) is 6. The van der Waals surface area contributed by atoms with E-state index >= 15 is 0 Å². The van der Waals surface area contributed by atoms with E-state index in [0.29, 0.717) is 43.1 Å². The van der Waals surface area contributed by atoms with Gasteiger partial charge in [-0.15, -0.1) is 0 Å². The van der Waals surface area contributed by atoms with Gasteiger partial charge >= 0.3 is 0 Å². The smallest absolute Gasteiger partial charge is 0.293 e. The zero-order valence-electron chi connectivity index (χ0n) is 14.3. The SMILES string of the molecule is O=C(N/N=C\c1ccc(N2CCOCC2)c([N+](=O)[O-])c1)c1ccc(I)cc1. The quantitative estimate of drug-likeness (QED) is 0.307. The molecule has 1 heterocycles. The predicted molar refractivity (Wildman–Crippen MR) is 110 cm³/mol. The van der Waals surface area contributed by atoms with Crippen molar-refractivity contribution >= 4 is 46.1 Å². The molecule has 1 N–H and O–H groups in total. The first-order valence-corrected chi connectivity index (χ1v) is 9.32. The normalized spacial score (nSPS) is 14.3. The average Bonchev–Trinajstić information content (AvgIpc) is 2.69. The maximum Gasteiger partial charge on any atom is 0.293 e. The van der Waals surface area contributed by atoms with E-state index in [1.54, 1.807) is 24.3 Å². The molecule has 1 amide bonds. The number of morpholine rings is 1. The number of anilines is 1. The second kappa shape index (κ2) is 8.91. The topological polar surface area (TPSA) is 97.1 Å². The van der Waals surface area contributed by atoms with Crippen LogP contribution >= 0.6 is 22.6 Å². The van der Waals surface area contributed by atoms with E-state index in [4.69, 9.17) is 4.74 Å². The van der Waals surface area contributed by atoms with Gasteiger partial charge in [-0.05, 0) is 52.9 Å². The monoisotopic (exact) mass is 480 g/mol. The lowest BCUT2D eigenvalue weighted by Crippen LogP contribution is -2.36. The fraction of sp³-hybridized carbons (Fsp3) is 0.222. The van der Waals surface area contributed by atoms with Crippen molar-refractivity contribution in [2.45, 2.75) is 0 Å². The lowest BCUT2D eigenvalue weighted by Gasteiger charge is -2.28. The van der Waals surface area contributed by atoms with Gasteiger partial charge in [-0.3, -0.25) is 14.9 Å². The van der Waals surface area contributed by atoms with Gasteiger partial charge in [0.1, 0.15) is 5.69 Å². The molecule has 140 valence electrons. The number of carbonyl (C=O) groups excluding carboxylic acids is 1. The Morgan fingerprint density at radius 1 is 1.22 bits per heavy atom. The van der Waals surface area contributed by atoms with Crippen LogP contribution in [0.5, 0.6) is 0 Å². The van der Waals surface area contributed by atoms with Gasteiger partial charge < -0.3 is 9.64 Å². The number of nitro groups is 1. The van der Waals surface area contributed by atoms with E-state index in [-0.39, 0.29) is 11.6 Å². The van der Waals surface area contributed by atoms with Crippen LogP contribution in [0.15, 0.2) is 47.6 Å². The van der Waals surface area contributed by atoms with Crippen LogP contribution in [0.2, 0.25) is 0 Å². The molecule has 27 heavy (non-hydrogen) atoms. The minimum Gasteiger partial charge on any atom is -0.378 e. The number of carbonyl (C=O) groups is 1. The Bertz CT molecular complexity index is 864. The Balaban J connectivity index is 1.71. The van der Waals surface area contributed by atoms with E-state index < -0.39 is 4.92 Å². The van der Waals surface area contributed by atoms with Crippen molar-refractivity contribution in [2.24, 2.45) is 5.10 Å². The molecule has 0 atom stereocenters. The van der Waals surface area contributed by atoms with Gasteiger partial charge in [0.05, 0.1) is 24.4 Å². The summed E-state index contributed by atoms with van der Waals surface area (Å²) in [4.78, 5) is 25.0. The van der Waals surface area contributed by atoms with E-state index in [1.807, 2.05) is 17.0 Å². The van der Waals surface area contributed by atoms with Gasteiger partial charge in [-0.25, -0.2) is 5.43 Å². The molecule has 0 aliphatic carbocycles. The molecule has 0 saturated carbocycles. The van der Waals surface area contributed by atoms with E-state index in [0.717, 1.165) is 3.57 Å². The zero-order valence-corrected chi connectivity index (χ0v) is 16.5. The number of ether oxygens (including phenoxy) is 1. The molecule has 0 unspecified atom stereocenters. The minimum absolute atomic E-state index is 0.00445. The molecule has 8 nitrogen and oxygen atoms in total. The van der Waals surface area contributed by atoms with Crippen molar-refractivity contribution in [1.82, 2.24) is 5.43 Å². The number of rotatable bonds is 5. The third-order valence-electron chi connectivity index (χ3n) is 4.03. The summed E-state index contributed by atoms with van der Waals surface area (Å²) in [5.74, 6) is -0.345. The second-order valence-corrected chi connectivity index (χ2v) is 7.06. The number of nitrogens with zero attached hydrogens (tertiary/aromatic N) is 3. The Labute approximate surface area is 169 Å². The third-order valence-corrected chi connectivity index (χ3v) is 4.75. The summed E-state index contributed by atoms with van der Waals surface area (Å²) < 4.78 is 6.32. The average molecular weight is 480 g/mol. The molecule has 0 aromatic heterocycles. The molecular weight excluding hydrogens is 463 g/mol. The highest BCUT2D eigenvalue weighted by Crippen LogP contribution is 2.29. The van der Waals surface area contributed by atoms with Gasteiger partial charge in [-0.2, -0.15) is 5.10 Å². The number of hydrazone groups is 1. The molecule has 3 rings (SSSR count). The van der Waals surface area contributed by atoms with Crippen LogP contribution in [0.1, 0.15) is 15.9 Å². The molecule has 2 aromatic carbocycles. The van der Waals surface area contributed by atoms with Crippen molar-refractivity contribution < 1.29 is 14.5 Å². The first kappa shape index (κ1) is 19.2. The first-order chi connectivity index (χ1) is 13.0. The molecule has 1 aliphatic rings. The zero-order chi connectivity index (χ0) is 19.2. The first-order valence-electron chi connectivity index (χ1n) is 8.25. The number of benzene rings is 2. The van der Waals surface area contributed by atoms with Crippen molar-refractivity contribution in [2.75, 3.05) is 31.2 Å². The number of nitro benzene ring substituents is 1. The Morgan fingerprint density at radius 3 is 2.59 bits per heavy atom. The molecular formula is C18H17IN4O4. The van der Waals surface area contributed by atoms with Crippen molar-refractivity contribution in [3.05, 3.63) is 67.3 Å². The molecule has 1 saturated heterocycles.